The number of ether oxygens (including phenoxy) is 3. The van der Waals surface area contributed by atoms with Gasteiger partial charge in [-0.2, -0.15) is 0 Å². The summed E-state index contributed by atoms with van der Waals surface area (Å²) in [5, 5.41) is 3.00. The molecule has 7 heteroatoms. The zero-order valence-corrected chi connectivity index (χ0v) is 17.6. The van der Waals surface area contributed by atoms with Gasteiger partial charge in [-0.25, -0.2) is 9.97 Å². The van der Waals surface area contributed by atoms with Crippen LogP contribution in [0.25, 0.3) is 11.1 Å². The molecule has 0 aliphatic carbocycles. The number of nitrogens with zero attached hydrogens (tertiary/aromatic N) is 2. The fourth-order valence-electron chi connectivity index (χ4n) is 3.73. The molecule has 0 bridgehead atoms. The third-order valence-corrected chi connectivity index (χ3v) is 5.32. The van der Waals surface area contributed by atoms with Gasteiger partial charge in [-0.15, -0.1) is 0 Å². The number of nitrogens with one attached hydrogen (secondary N) is 1. The number of aromatic nitrogens is 2. The van der Waals surface area contributed by atoms with Crippen LogP contribution in [0.3, 0.4) is 0 Å². The van der Waals surface area contributed by atoms with E-state index in [2.05, 4.69) is 21.4 Å². The van der Waals surface area contributed by atoms with Crippen molar-refractivity contribution in [2.75, 3.05) is 20.8 Å². The number of rotatable bonds is 8. The van der Waals surface area contributed by atoms with Crippen molar-refractivity contribution in [3.05, 3.63) is 66.2 Å². The van der Waals surface area contributed by atoms with Gasteiger partial charge in [0.05, 0.1) is 20.8 Å². The fraction of sp³-hybridized carbons (Fsp3) is 0.292. The summed E-state index contributed by atoms with van der Waals surface area (Å²) in [5.74, 6) is 2.18. The maximum Gasteiger partial charge on any atom is 0.220 e. The number of amides is 1. The first-order chi connectivity index (χ1) is 15.2. The molecule has 7 nitrogen and oxygen atoms in total. The van der Waals surface area contributed by atoms with E-state index in [-0.39, 0.29) is 12.0 Å². The Morgan fingerprint density at radius 2 is 1.94 bits per heavy atom. The molecule has 4 rings (SSSR count). The smallest absolute Gasteiger partial charge is 0.220 e. The number of carbonyl (C=O) groups excluding carboxylic acids is 1. The molecule has 0 radical (unpaired) electrons. The number of carbonyl (C=O) groups is 1. The third-order valence-electron chi connectivity index (χ3n) is 5.32. The number of hydrogen-bond acceptors (Lipinski definition) is 6. The number of fused-ring (bicyclic) bond motifs is 1. The average Bonchev–Trinajstić information content (AvgIpc) is 3.25. The number of para-hydroxylation sites is 1. The Morgan fingerprint density at radius 3 is 2.71 bits per heavy atom. The van der Waals surface area contributed by atoms with Gasteiger partial charge in [-0.3, -0.25) is 4.79 Å². The molecule has 1 atom stereocenters. The first kappa shape index (κ1) is 20.7. The van der Waals surface area contributed by atoms with E-state index in [1.165, 1.54) is 6.33 Å². The summed E-state index contributed by atoms with van der Waals surface area (Å²) in [4.78, 5) is 20.6. The largest absolute Gasteiger partial charge is 0.493 e. The number of aryl methyl sites for hydroxylation is 1. The van der Waals surface area contributed by atoms with Gasteiger partial charge in [-0.1, -0.05) is 24.3 Å². The first-order valence-corrected chi connectivity index (χ1v) is 10.2. The lowest BCUT2D eigenvalue weighted by atomic mass is 10.0. The second kappa shape index (κ2) is 9.47. The molecule has 0 unspecified atom stereocenters. The van der Waals surface area contributed by atoms with Crippen LogP contribution < -0.4 is 19.5 Å². The topological polar surface area (TPSA) is 82.6 Å². The van der Waals surface area contributed by atoms with Gasteiger partial charge in [0.2, 0.25) is 5.91 Å². The standard InChI is InChI=1S/C24H25N3O4/c1-29-21-8-6-16(10-22(21)30-2)7-9-23(28)27-14-19-11-17-4-3-5-20(24(17)31-19)18-12-25-15-26-13-18/h3-6,8,10,12-13,15,19H,7,9,11,14H2,1-2H3,(H,27,28)/t19-/m1/s1. The summed E-state index contributed by atoms with van der Waals surface area (Å²) in [6.07, 6.45) is 6.73. The Morgan fingerprint density at radius 1 is 1.13 bits per heavy atom. The SMILES string of the molecule is COc1ccc(CCC(=O)NC[C@H]2Cc3cccc(-c4cncnc4)c3O2)cc1OC. The van der Waals surface area contributed by atoms with Crippen LogP contribution in [-0.4, -0.2) is 42.7 Å². The van der Waals surface area contributed by atoms with E-state index in [0.29, 0.717) is 30.9 Å². The van der Waals surface area contributed by atoms with E-state index in [1.54, 1.807) is 26.6 Å². The molecule has 3 aromatic rings. The highest BCUT2D eigenvalue weighted by molar-refractivity contribution is 5.76. The molecular formula is C24H25N3O4. The molecule has 1 aromatic heterocycles. The Labute approximate surface area is 181 Å². The summed E-state index contributed by atoms with van der Waals surface area (Å²) in [6, 6.07) is 11.8. The van der Waals surface area contributed by atoms with Gasteiger partial charge in [0.15, 0.2) is 11.5 Å². The number of benzene rings is 2. The van der Waals surface area contributed by atoms with Gasteiger partial charge in [-0.05, 0) is 29.7 Å². The molecule has 31 heavy (non-hydrogen) atoms. The van der Waals surface area contributed by atoms with Gasteiger partial charge < -0.3 is 19.5 Å². The van der Waals surface area contributed by atoms with Crippen LogP contribution >= 0.6 is 0 Å². The van der Waals surface area contributed by atoms with Crippen molar-refractivity contribution in [1.82, 2.24) is 15.3 Å². The Hall–Kier alpha value is -3.61. The lowest BCUT2D eigenvalue weighted by Crippen LogP contribution is -2.34. The van der Waals surface area contributed by atoms with Crippen LogP contribution in [0, 0.1) is 0 Å². The minimum atomic E-state index is -0.0918. The Kier molecular flexibility index (Phi) is 6.31. The highest BCUT2D eigenvalue weighted by atomic mass is 16.5. The monoisotopic (exact) mass is 419 g/mol. The second-order valence-electron chi connectivity index (χ2n) is 7.36. The zero-order chi connectivity index (χ0) is 21.6. The second-order valence-corrected chi connectivity index (χ2v) is 7.36. The summed E-state index contributed by atoms with van der Waals surface area (Å²) < 4.78 is 16.7. The highest BCUT2D eigenvalue weighted by Gasteiger charge is 2.26. The summed E-state index contributed by atoms with van der Waals surface area (Å²) >= 11 is 0. The van der Waals surface area contributed by atoms with Gasteiger partial charge >= 0.3 is 0 Å². The zero-order valence-electron chi connectivity index (χ0n) is 17.6. The van der Waals surface area contributed by atoms with E-state index in [0.717, 1.165) is 34.4 Å². The van der Waals surface area contributed by atoms with Gasteiger partial charge in [0.1, 0.15) is 18.2 Å². The summed E-state index contributed by atoms with van der Waals surface area (Å²) in [6.45, 7) is 0.462. The van der Waals surface area contributed by atoms with E-state index in [4.69, 9.17) is 14.2 Å². The molecule has 1 aliphatic heterocycles. The lowest BCUT2D eigenvalue weighted by Gasteiger charge is -2.14. The van der Waals surface area contributed by atoms with Crippen LogP contribution in [-0.2, 0) is 17.6 Å². The Bertz CT molecular complexity index is 1060. The van der Waals surface area contributed by atoms with Crippen molar-refractivity contribution in [2.24, 2.45) is 0 Å². The Balaban J connectivity index is 1.30. The molecule has 160 valence electrons. The van der Waals surface area contributed by atoms with Gasteiger partial charge in [0.25, 0.3) is 0 Å². The lowest BCUT2D eigenvalue weighted by molar-refractivity contribution is -0.121. The van der Waals surface area contributed by atoms with Crippen molar-refractivity contribution in [2.45, 2.75) is 25.4 Å². The van der Waals surface area contributed by atoms with E-state index in [9.17, 15) is 4.79 Å². The number of hydrogen-bond donors (Lipinski definition) is 1. The number of methoxy groups -OCH3 is 2. The molecule has 0 saturated carbocycles. The van der Waals surface area contributed by atoms with Crippen LogP contribution in [0.15, 0.2) is 55.1 Å². The normalized spacial score (nSPS) is 14.5. The van der Waals surface area contributed by atoms with Crippen LogP contribution in [0.1, 0.15) is 17.5 Å². The summed E-state index contributed by atoms with van der Waals surface area (Å²) in [7, 11) is 3.20. The van der Waals surface area contributed by atoms with Crippen LogP contribution in [0.5, 0.6) is 17.2 Å². The average molecular weight is 419 g/mol. The molecule has 1 amide bonds. The predicted octanol–water partition coefficient (Wildman–Crippen LogP) is 3.21. The van der Waals surface area contributed by atoms with E-state index in [1.807, 2.05) is 30.3 Å². The molecular weight excluding hydrogens is 394 g/mol. The van der Waals surface area contributed by atoms with Crippen molar-refractivity contribution >= 4 is 5.91 Å². The van der Waals surface area contributed by atoms with Crippen molar-refractivity contribution in [1.29, 1.82) is 0 Å². The quantitative estimate of drug-likeness (QED) is 0.604. The molecule has 0 spiro atoms. The van der Waals surface area contributed by atoms with E-state index >= 15 is 0 Å². The minimum Gasteiger partial charge on any atom is -0.493 e. The molecule has 0 fully saturated rings. The van der Waals surface area contributed by atoms with Crippen molar-refractivity contribution in [3.8, 4) is 28.4 Å². The minimum absolute atomic E-state index is 0.00831. The maximum absolute atomic E-state index is 12.4. The predicted molar refractivity (Wildman–Crippen MR) is 116 cm³/mol. The highest BCUT2D eigenvalue weighted by Crippen LogP contribution is 2.38. The molecule has 2 heterocycles. The third kappa shape index (κ3) is 4.77. The molecule has 2 aromatic carbocycles. The molecule has 0 saturated heterocycles. The van der Waals surface area contributed by atoms with Crippen LogP contribution in [0.4, 0.5) is 0 Å². The molecule has 1 aliphatic rings. The van der Waals surface area contributed by atoms with Crippen LogP contribution in [0.2, 0.25) is 0 Å². The van der Waals surface area contributed by atoms with Gasteiger partial charge in [0, 0.05) is 36.4 Å². The van der Waals surface area contributed by atoms with E-state index < -0.39 is 0 Å². The van der Waals surface area contributed by atoms with Crippen molar-refractivity contribution in [3.63, 3.8) is 0 Å². The molecule has 1 N–H and O–H groups in total. The van der Waals surface area contributed by atoms with Crippen molar-refractivity contribution < 1.29 is 19.0 Å². The summed E-state index contributed by atoms with van der Waals surface area (Å²) in [5.41, 5.74) is 4.04. The fourth-order valence-corrected chi connectivity index (χ4v) is 3.73. The first-order valence-electron chi connectivity index (χ1n) is 10.2. The maximum atomic E-state index is 12.4.